The highest BCUT2D eigenvalue weighted by Crippen LogP contribution is 2.40. The lowest BCUT2D eigenvalue weighted by atomic mass is 9.82. The molecule has 278 valence electrons. The zero-order chi connectivity index (χ0) is 39.1. The second-order valence-corrected chi connectivity index (χ2v) is 17.0. The van der Waals surface area contributed by atoms with Crippen LogP contribution in [0.5, 0.6) is 11.5 Å². The Labute approximate surface area is 332 Å². The zero-order valence-corrected chi connectivity index (χ0v) is 33.1. The van der Waals surface area contributed by atoms with Gasteiger partial charge in [0.1, 0.15) is 23.0 Å². The van der Waals surface area contributed by atoms with Crippen LogP contribution >= 0.6 is 0 Å². The van der Waals surface area contributed by atoms with Gasteiger partial charge in [0.2, 0.25) is 0 Å². The van der Waals surface area contributed by atoms with Crippen molar-refractivity contribution in [2.24, 2.45) is 0 Å². The first kappa shape index (κ1) is 34.7. The number of para-hydroxylation sites is 3. The monoisotopic (exact) mass is 741 g/mol. The summed E-state index contributed by atoms with van der Waals surface area (Å²) in [7, 11) is 0. The predicted molar refractivity (Wildman–Crippen MR) is 234 cm³/mol. The first-order valence-corrected chi connectivity index (χ1v) is 19.6. The van der Waals surface area contributed by atoms with Crippen LogP contribution in [0.25, 0.3) is 77.9 Å². The molecule has 10 rings (SSSR count). The van der Waals surface area contributed by atoms with Gasteiger partial charge in [-0.1, -0.05) is 120 Å². The first-order chi connectivity index (χ1) is 27.5. The lowest BCUT2D eigenvalue weighted by Crippen LogP contribution is -2.13. The Kier molecular flexibility index (Phi) is 7.84. The van der Waals surface area contributed by atoms with Crippen LogP contribution in [0.1, 0.15) is 52.7 Å². The topological polar surface area (TPSA) is 56.7 Å². The zero-order valence-electron chi connectivity index (χ0n) is 33.1. The quantitative estimate of drug-likeness (QED) is 0.176. The number of hydrogen-bond donors (Lipinski definition) is 0. The van der Waals surface area contributed by atoms with Gasteiger partial charge in [-0.25, -0.2) is 9.97 Å². The summed E-state index contributed by atoms with van der Waals surface area (Å²) in [5.74, 6) is 2.34. The van der Waals surface area contributed by atoms with Crippen LogP contribution in [-0.2, 0) is 10.8 Å². The predicted octanol–water partition coefficient (Wildman–Crippen LogP) is 13.2. The fourth-order valence-electron chi connectivity index (χ4n) is 8.44. The van der Waals surface area contributed by atoms with Crippen LogP contribution in [0.15, 0.2) is 152 Å². The van der Waals surface area contributed by atoms with Crippen LogP contribution < -0.4 is 4.74 Å². The van der Waals surface area contributed by atoms with Crippen LogP contribution in [0, 0.1) is 0 Å². The molecule has 10 aromatic rings. The van der Waals surface area contributed by atoms with Crippen molar-refractivity contribution in [3.63, 3.8) is 0 Å². The normalized spacial score (nSPS) is 12.4. The van der Waals surface area contributed by atoms with Gasteiger partial charge in [-0.15, -0.1) is 0 Å². The van der Waals surface area contributed by atoms with Crippen molar-refractivity contribution in [3.05, 3.63) is 163 Å². The maximum atomic E-state index is 6.74. The second-order valence-electron chi connectivity index (χ2n) is 17.0. The average molecular weight is 742 g/mol. The van der Waals surface area contributed by atoms with E-state index in [1.54, 1.807) is 0 Å². The lowest BCUT2D eigenvalue weighted by Gasteiger charge is -2.23. The number of aromatic nitrogens is 5. The molecule has 0 amide bonds. The van der Waals surface area contributed by atoms with Gasteiger partial charge in [0.15, 0.2) is 0 Å². The van der Waals surface area contributed by atoms with Gasteiger partial charge in [0, 0.05) is 22.7 Å². The van der Waals surface area contributed by atoms with Crippen molar-refractivity contribution in [1.29, 1.82) is 0 Å². The molecule has 0 spiro atoms. The Morgan fingerprint density at radius 3 is 1.96 bits per heavy atom. The van der Waals surface area contributed by atoms with E-state index in [0.717, 1.165) is 78.1 Å². The van der Waals surface area contributed by atoms with Gasteiger partial charge < -0.3 is 4.74 Å². The van der Waals surface area contributed by atoms with Crippen molar-refractivity contribution in [2.75, 3.05) is 0 Å². The molecule has 4 aromatic heterocycles. The van der Waals surface area contributed by atoms with Gasteiger partial charge in [-0.3, -0.25) is 13.8 Å². The molecule has 0 aliphatic heterocycles. The third kappa shape index (κ3) is 5.83. The Hall–Kier alpha value is -6.79. The summed E-state index contributed by atoms with van der Waals surface area (Å²) in [6, 6.07) is 50.8. The van der Waals surface area contributed by atoms with Crippen molar-refractivity contribution in [1.82, 2.24) is 23.8 Å². The molecule has 57 heavy (non-hydrogen) atoms. The number of benzene rings is 6. The maximum Gasteiger partial charge on any atom is 0.148 e. The van der Waals surface area contributed by atoms with Crippen molar-refractivity contribution >= 4 is 44.1 Å². The van der Waals surface area contributed by atoms with Crippen molar-refractivity contribution in [2.45, 2.75) is 52.4 Å². The van der Waals surface area contributed by atoms with E-state index in [4.69, 9.17) is 19.7 Å². The third-order valence-corrected chi connectivity index (χ3v) is 11.1. The molecule has 0 saturated carbocycles. The molecule has 0 saturated heterocycles. The summed E-state index contributed by atoms with van der Waals surface area (Å²) in [5, 5.41) is 0.955. The summed E-state index contributed by atoms with van der Waals surface area (Å²) in [6.07, 6.45) is 1.90. The summed E-state index contributed by atoms with van der Waals surface area (Å²) < 4.78 is 11.3. The third-order valence-electron chi connectivity index (χ3n) is 11.1. The van der Waals surface area contributed by atoms with E-state index in [1.165, 1.54) is 16.7 Å². The summed E-state index contributed by atoms with van der Waals surface area (Å²) in [4.78, 5) is 15.5. The van der Waals surface area contributed by atoms with Gasteiger partial charge >= 0.3 is 0 Å². The van der Waals surface area contributed by atoms with Gasteiger partial charge in [-0.2, -0.15) is 0 Å². The van der Waals surface area contributed by atoms with Crippen LogP contribution in [-0.4, -0.2) is 23.8 Å². The number of rotatable bonds is 5. The average Bonchev–Trinajstić information content (AvgIpc) is 3.77. The van der Waals surface area contributed by atoms with E-state index in [9.17, 15) is 0 Å². The largest absolute Gasteiger partial charge is 0.457 e. The van der Waals surface area contributed by atoms with Crippen LogP contribution in [0.4, 0.5) is 0 Å². The lowest BCUT2D eigenvalue weighted by molar-refractivity contribution is 0.483. The van der Waals surface area contributed by atoms with E-state index in [1.807, 2.05) is 24.4 Å². The van der Waals surface area contributed by atoms with Crippen LogP contribution in [0.3, 0.4) is 0 Å². The second kappa shape index (κ2) is 12.9. The van der Waals surface area contributed by atoms with E-state index >= 15 is 0 Å². The smallest absolute Gasteiger partial charge is 0.148 e. The van der Waals surface area contributed by atoms with Gasteiger partial charge in [0.05, 0.1) is 38.8 Å². The fraction of sp³-hybridized carbons (Fsp3) is 0.157. The molecule has 0 bridgehead atoms. The Morgan fingerprint density at radius 1 is 0.491 bits per heavy atom. The number of fused-ring (bicyclic) bond motifs is 7. The molecule has 6 nitrogen and oxygen atoms in total. The van der Waals surface area contributed by atoms with Crippen molar-refractivity contribution < 1.29 is 4.74 Å². The minimum absolute atomic E-state index is 0.0106. The number of imidazole rings is 2. The van der Waals surface area contributed by atoms with E-state index < -0.39 is 0 Å². The van der Waals surface area contributed by atoms with Crippen LogP contribution in [0.2, 0.25) is 0 Å². The number of pyridine rings is 1. The first-order valence-electron chi connectivity index (χ1n) is 19.6. The Morgan fingerprint density at radius 2 is 1.16 bits per heavy atom. The standard InChI is InChI=1S/C51H43N5O/c1-50(2,3)39-19-9-7-17-36(39)32-27-28-52-43(30-32)33-15-13-16-34(29-33)57-35-25-26-44-38(31-35)49-53-41-21-11-12-23-45(41)55(49)46-24-14-22-42-47(46)56(44)48(54-42)37-18-8-10-20-40(37)51(4,5)6/h7-31H,1-6H3. The summed E-state index contributed by atoms with van der Waals surface area (Å²) >= 11 is 0. The molecule has 6 aromatic carbocycles. The van der Waals surface area contributed by atoms with E-state index in [-0.39, 0.29) is 10.8 Å². The molecule has 0 fully saturated rings. The molecule has 0 radical (unpaired) electrons. The molecule has 0 N–H and O–H groups in total. The molecule has 0 aliphatic carbocycles. The molecule has 0 aliphatic rings. The minimum Gasteiger partial charge on any atom is -0.457 e. The molecule has 6 heteroatoms. The van der Waals surface area contributed by atoms with Gasteiger partial charge in [0.25, 0.3) is 0 Å². The fourth-order valence-corrected chi connectivity index (χ4v) is 8.44. The Bertz CT molecular complexity index is 3190. The SMILES string of the molecule is CC(C)(C)c1ccccc1-c1ccnc(-c2cccc(Oc3ccc4c(c3)c3nc5ccccc5n3c3cccc5nc(-c6ccccc6C(C)(C)C)n4c53)c2)c1. The highest BCUT2D eigenvalue weighted by atomic mass is 16.5. The Balaban J connectivity index is 1.15. The summed E-state index contributed by atoms with van der Waals surface area (Å²) in [5.41, 5.74) is 14.6. The molecule has 4 heterocycles. The molecular weight excluding hydrogens is 699 g/mol. The van der Waals surface area contributed by atoms with E-state index in [0.29, 0.717) is 5.75 Å². The van der Waals surface area contributed by atoms with E-state index in [2.05, 4.69) is 178 Å². The van der Waals surface area contributed by atoms with Crippen molar-refractivity contribution in [3.8, 4) is 45.3 Å². The molecule has 0 unspecified atom stereocenters. The van der Waals surface area contributed by atoms with Gasteiger partial charge in [-0.05, 0) is 99.8 Å². The number of nitrogens with zero attached hydrogens (tertiary/aromatic N) is 5. The maximum absolute atomic E-state index is 6.74. The molecular formula is C51H43N5O. The highest BCUT2D eigenvalue weighted by Gasteiger charge is 2.25. The summed E-state index contributed by atoms with van der Waals surface area (Å²) in [6.45, 7) is 13.5. The number of hydrogen-bond acceptors (Lipinski definition) is 4. The molecule has 0 atom stereocenters. The number of ether oxygens (including phenoxy) is 1. The highest BCUT2D eigenvalue weighted by molar-refractivity contribution is 6.06. The minimum atomic E-state index is -0.0889.